The summed E-state index contributed by atoms with van der Waals surface area (Å²) >= 11 is 0. The zero-order valence-corrected chi connectivity index (χ0v) is 17.9. The maximum Gasteiger partial charge on any atom is 0.254 e. The maximum absolute atomic E-state index is 13.7. The summed E-state index contributed by atoms with van der Waals surface area (Å²) in [5, 5.41) is 0. The third kappa shape index (κ3) is 5.04. The zero-order chi connectivity index (χ0) is 21.7. The summed E-state index contributed by atoms with van der Waals surface area (Å²) in [6.45, 7) is 7.99. The van der Waals surface area contributed by atoms with Crippen LogP contribution in [0.1, 0.15) is 56.2 Å². The van der Waals surface area contributed by atoms with Crippen molar-refractivity contribution in [3.8, 4) is 0 Å². The van der Waals surface area contributed by atoms with Gasteiger partial charge in [0.2, 0.25) is 0 Å². The smallest absolute Gasteiger partial charge is 0.254 e. The van der Waals surface area contributed by atoms with Crippen LogP contribution in [0, 0.1) is 17.6 Å². The summed E-state index contributed by atoms with van der Waals surface area (Å²) in [7, 11) is 0. The lowest BCUT2D eigenvalue weighted by Crippen LogP contribution is -2.33. The van der Waals surface area contributed by atoms with Crippen molar-refractivity contribution in [3.63, 3.8) is 0 Å². The Kier molecular flexibility index (Phi) is 7.19. The first-order valence-corrected chi connectivity index (χ1v) is 10.6. The molecule has 0 radical (unpaired) electrons. The number of nitrogens with zero attached hydrogens (tertiary/aromatic N) is 3. The average Bonchev–Trinajstić information content (AvgIpc) is 3.07. The van der Waals surface area contributed by atoms with Crippen LogP contribution in [-0.2, 0) is 13.1 Å². The molecule has 0 aliphatic rings. The van der Waals surface area contributed by atoms with Crippen molar-refractivity contribution in [2.45, 2.75) is 53.1 Å². The largest absolute Gasteiger partial charge is 0.331 e. The molecule has 2 aromatic carbocycles. The molecule has 0 bridgehead atoms. The van der Waals surface area contributed by atoms with Gasteiger partial charge in [-0.2, -0.15) is 0 Å². The van der Waals surface area contributed by atoms with E-state index in [0.29, 0.717) is 19.0 Å². The number of unbranched alkanes of at least 4 members (excludes halogenated alkanes) is 1. The molecular weight excluding hydrogens is 384 g/mol. The molecule has 30 heavy (non-hydrogen) atoms. The van der Waals surface area contributed by atoms with Crippen molar-refractivity contribution >= 4 is 16.9 Å². The lowest BCUT2D eigenvalue weighted by atomic mass is 10.1. The number of carbonyl (C=O) groups excluding carboxylic acids is 1. The van der Waals surface area contributed by atoms with Gasteiger partial charge in [0.05, 0.1) is 17.6 Å². The molecule has 0 saturated heterocycles. The number of fused-ring (bicyclic) bond motifs is 1. The van der Waals surface area contributed by atoms with Crippen LogP contribution in [0.15, 0.2) is 42.5 Å². The predicted molar refractivity (Wildman–Crippen MR) is 115 cm³/mol. The number of aryl methyl sites for hydroxylation is 1. The van der Waals surface area contributed by atoms with Gasteiger partial charge in [-0.1, -0.05) is 39.3 Å². The quantitative estimate of drug-likeness (QED) is 0.444. The normalized spacial score (nSPS) is 11.4. The molecular formula is C24H29F2N3O. The lowest BCUT2D eigenvalue weighted by Gasteiger charge is -2.24. The molecule has 0 unspecified atom stereocenters. The van der Waals surface area contributed by atoms with Crippen LogP contribution in [-0.4, -0.2) is 26.9 Å². The minimum Gasteiger partial charge on any atom is -0.331 e. The Bertz CT molecular complexity index is 1010. The van der Waals surface area contributed by atoms with Crippen LogP contribution in [0.4, 0.5) is 8.78 Å². The van der Waals surface area contributed by atoms with E-state index in [1.165, 1.54) is 6.07 Å². The van der Waals surface area contributed by atoms with Gasteiger partial charge in [0.1, 0.15) is 5.82 Å². The molecule has 6 heteroatoms. The maximum atomic E-state index is 13.7. The Hall–Kier alpha value is -2.76. The molecule has 1 heterocycles. The molecule has 0 N–H and O–H groups in total. The second kappa shape index (κ2) is 9.83. The van der Waals surface area contributed by atoms with Crippen molar-refractivity contribution in [2.75, 3.05) is 6.54 Å². The minimum absolute atomic E-state index is 0.147. The predicted octanol–water partition coefficient (Wildman–Crippen LogP) is 5.80. The van der Waals surface area contributed by atoms with Crippen LogP contribution in [0.25, 0.3) is 11.0 Å². The lowest BCUT2D eigenvalue weighted by molar-refractivity contribution is 0.0728. The fraction of sp³-hybridized carbons (Fsp3) is 0.417. The van der Waals surface area contributed by atoms with Crippen LogP contribution in [0.5, 0.6) is 0 Å². The Labute approximate surface area is 176 Å². The van der Waals surface area contributed by atoms with Crippen LogP contribution >= 0.6 is 0 Å². The number of aromatic nitrogens is 2. The molecule has 0 atom stereocenters. The van der Waals surface area contributed by atoms with Gasteiger partial charge in [-0.3, -0.25) is 4.79 Å². The van der Waals surface area contributed by atoms with Gasteiger partial charge in [0.25, 0.3) is 5.91 Å². The number of halogens is 2. The molecule has 0 aliphatic heterocycles. The van der Waals surface area contributed by atoms with Crippen molar-refractivity contribution < 1.29 is 13.6 Å². The van der Waals surface area contributed by atoms with E-state index in [1.807, 2.05) is 24.3 Å². The Balaban J connectivity index is 1.94. The molecule has 0 saturated carbocycles. The number of hydrogen-bond donors (Lipinski definition) is 0. The average molecular weight is 414 g/mol. The first kappa shape index (κ1) is 21.9. The summed E-state index contributed by atoms with van der Waals surface area (Å²) in [5.74, 6) is -1.07. The Morgan fingerprint density at radius 3 is 2.60 bits per heavy atom. The molecule has 0 aliphatic carbocycles. The topological polar surface area (TPSA) is 38.1 Å². The SMILES string of the molecule is CCCCn1c(CN(CCC(C)C)C(=O)c2ccc(F)c(F)c2)nc2ccccc21. The summed E-state index contributed by atoms with van der Waals surface area (Å²) in [5.41, 5.74) is 2.09. The second-order valence-electron chi connectivity index (χ2n) is 8.06. The first-order chi connectivity index (χ1) is 14.4. The highest BCUT2D eigenvalue weighted by molar-refractivity contribution is 5.94. The highest BCUT2D eigenvalue weighted by Gasteiger charge is 2.21. The Morgan fingerprint density at radius 2 is 1.90 bits per heavy atom. The van der Waals surface area contributed by atoms with Crippen molar-refractivity contribution in [1.29, 1.82) is 0 Å². The molecule has 4 nitrogen and oxygen atoms in total. The fourth-order valence-electron chi connectivity index (χ4n) is 3.46. The van der Waals surface area contributed by atoms with E-state index in [4.69, 9.17) is 4.98 Å². The van der Waals surface area contributed by atoms with E-state index in [9.17, 15) is 13.6 Å². The number of carbonyl (C=O) groups is 1. The van der Waals surface area contributed by atoms with Crippen molar-refractivity contribution in [1.82, 2.24) is 14.5 Å². The van der Waals surface area contributed by atoms with Gasteiger partial charge < -0.3 is 9.47 Å². The number of hydrogen-bond acceptors (Lipinski definition) is 2. The van der Waals surface area contributed by atoms with Crippen LogP contribution in [0.2, 0.25) is 0 Å². The summed E-state index contributed by atoms with van der Waals surface area (Å²) in [4.78, 5) is 19.6. The number of amides is 1. The van der Waals surface area contributed by atoms with Gasteiger partial charge >= 0.3 is 0 Å². The van der Waals surface area contributed by atoms with Crippen molar-refractivity contribution in [2.24, 2.45) is 5.92 Å². The number of para-hydroxylation sites is 2. The monoisotopic (exact) mass is 413 g/mol. The van der Waals surface area contributed by atoms with Gasteiger partial charge in [-0.05, 0) is 49.1 Å². The zero-order valence-electron chi connectivity index (χ0n) is 17.9. The van der Waals surface area contributed by atoms with E-state index in [1.54, 1.807) is 4.90 Å². The van der Waals surface area contributed by atoms with Crippen LogP contribution in [0.3, 0.4) is 0 Å². The molecule has 0 spiro atoms. The standard InChI is InChI=1S/C24H29F2N3O/c1-4-5-13-29-22-9-7-6-8-21(22)27-23(29)16-28(14-12-17(2)3)24(30)18-10-11-19(25)20(26)15-18/h6-11,15,17H,4-5,12-14,16H2,1-3H3. The Morgan fingerprint density at radius 1 is 1.13 bits per heavy atom. The van der Waals surface area contributed by atoms with E-state index < -0.39 is 11.6 Å². The summed E-state index contributed by atoms with van der Waals surface area (Å²) in [6, 6.07) is 11.3. The number of benzene rings is 2. The molecule has 160 valence electrons. The molecule has 0 fully saturated rings. The van der Waals surface area contributed by atoms with E-state index >= 15 is 0 Å². The molecule has 3 rings (SSSR count). The van der Waals surface area contributed by atoms with E-state index in [0.717, 1.165) is 54.8 Å². The van der Waals surface area contributed by atoms with Gasteiger partial charge in [-0.25, -0.2) is 13.8 Å². The van der Waals surface area contributed by atoms with Crippen molar-refractivity contribution in [3.05, 3.63) is 65.5 Å². The van der Waals surface area contributed by atoms with Gasteiger partial charge in [-0.15, -0.1) is 0 Å². The third-order valence-electron chi connectivity index (χ3n) is 5.23. The van der Waals surface area contributed by atoms with E-state index in [2.05, 4.69) is 25.3 Å². The second-order valence-corrected chi connectivity index (χ2v) is 8.06. The van der Waals surface area contributed by atoms with Gasteiger partial charge in [0.15, 0.2) is 11.6 Å². The molecule has 1 amide bonds. The van der Waals surface area contributed by atoms with Crippen LogP contribution < -0.4 is 0 Å². The number of rotatable bonds is 9. The highest BCUT2D eigenvalue weighted by atomic mass is 19.2. The summed E-state index contributed by atoms with van der Waals surface area (Å²) in [6.07, 6.45) is 2.87. The molecule has 3 aromatic rings. The molecule has 1 aromatic heterocycles. The number of imidazole rings is 1. The van der Waals surface area contributed by atoms with E-state index in [-0.39, 0.29) is 11.5 Å². The minimum atomic E-state index is -1.01. The van der Waals surface area contributed by atoms with Gasteiger partial charge in [0, 0.05) is 18.7 Å². The first-order valence-electron chi connectivity index (χ1n) is 10.6. The fourth-order valence-corrected chi connectivity index (χ4v) is 3.46. The summed E-state index contributed by atoms with van der Waals surface area (Å²) < 4.78 is 29.2. The third-order valence-corrected chi connectivity index (χ3v) is 5.23. The highest BCUT2D eigenvalue weighted by Crippen LogP contribution is 2.20.